The van der Waals surface area contributed by atoms with Gasteiger partial charge in [0.05, 0.1) is 27.9 Å². The molecule has 0 atom stereocenters. The zero-order chi connectivity index (χ0) is 32.8. The third kappa shape index (κ3) is 3.97. The van der Waals surface area contributed by atoms with Crippen LogP contribution in [0.1, 0.15) is 0 Å². The number of hydrogen-bond donors (Lipinski definition) is 0. The molecule has 0 amide bonds. The van der Waals surface area contributed by atoms with Crippen molar-refractivity contribution >= 4 is 80.4 Å². The van der Waals surface area contributed by atoms with Crippen LogP contribution in [0.3, 0.4) is 0 Å². The lowest BCUT2D eigenvalue weighted by Crippen LogP contribution is -1.95. The fourth-order valence-electron chi connectivity index (χ4n) is 7.98. The number of hydrogen-bond acceptors (Lipinski definition) is 3. The van der Waals surface area contributed by atoms with Crippen molar-refractivity contribution in [3.05, 3.63) is 164 Å². The van der Waals surface area contributed by atoms with Crippen LogP contribution >= 0.6 is 11.3 Å². The second kappa shape index (κ2) is 10.6. The highest BCUT2D eigenvalue weighted by Gasteiger charge is 2.19. The molecule has 0 saturated heterocycles. The van der Waals surface area contributed by atoms with E-state index in [0.29, 0.717) is 0 Å². The molecular weight excluding hydrogens is 627 g/mol. The second-order valence-corrected chi connectivity index (χ2v) is 14.0. The minimum Gasteiger partial charge on any atom is -0.308 e. The summed E-state index contributed by atoms with van der Waals surface area (Å²) in [6.07, 6.45) is 0. The number of benzene rings is 7. The quantitative estimate of drug-likeness (QED) is 0.190. The molecule has 0 N–H and O–H groups in total. The molecule has 4 heterocycles. The monoisotopic (exact) mass is 653 g/mol. The molecule has 0 aliphatic carbocycles. The second-order valence-electron chi connectivity index (χ2n) is 12.9. The van der Waals surface area contributed by atoms with Gasteiger partial charge < -0.3 is 4.40 Å². The van der Waals surface area contributed by atoms with Gasteiger partial charge in [0.1, 0.15) is 0 Å². The van der Waals surface area contributed by atoms with Crippen LogP contribution in [0.25, 0.3) is 103 Å². The standard InChI is InChI=1S/C46H27N3S/c1-3-12-28(13-4-1)37-27-38(48-46(47-37)29-14-5-2-6-15-29)30-24-25-40-36(26-30)35-20-9-19-34-33-18-11-23-42-44(33)43-32(17-10-22-41(43)50-42)31-16-7-8-21-39(31)49(40)45(34)35/h1-27H. The Morgan fingerprint density at radius 1 is 0.380 bits per heavy atom. The Balaban J connectivity index is 1.29. The van der Waals surface area contributed by atoms with Gasteiger partial charge in [-0.15, -0.1) is 11.3 Å². The van der Waals surface area contributed by atoms with Crippen LogP contribution < -0.4 is 0 Å². The predicted molar refractivity (Wildman–Crippen MR) is 212 cm³/mol. The van der Waals surface area contributed by atoms with E-state index in [1.54, 1.807) is 0 Å². The smallest absolute Gasteiger partial charge is 0.160 e. The first-order valence-electron chi connectivity index (χ1n) is 16.9. The average Bonchev–Trinajstić information content (AvgIpc) is 3.75. The molecule has 3 nitrogen and oxygen atoms in total. The molecule has 4 aromatic heterocycles. The molecule has 0 fully saturated rings. The molecule has 0 aliphatic rings. The first kappa shape index (κ1) is 27.6. The molecule has 0 spiro atoms. The number of para-hydroxylation sites is 2. The van der Waals surface area contributed by atoms with Gasteiger partial charge in [0.25, 0.3) is 0 Å². The predicted octanol–water partition coefficient (Wildman–Crippen LogP) is 12.7. The van der Waals surface area contributed by atoms with E-state index in [1.807, 2.05) is 35.6 Å². The van der Waals surface area contributed by atoms with Gasteiger partial charge in [0.2, 0.25) is 0 Å². The van der Waals surface area contributed by atoms with E-state index in [2.05, 4.69) is 144 Å². The van der Waals surface area contributed by atoms with E-state index in [9.17, 15) is 0 Å². The van der Waals surface area contributed by atoms with Crippen molar-refractivity contribution in [2.75, 3.05) is 0 Å². The Bertz CT molecular complexity index is 3080. The summed E-state index contributed by atoms with van der Waals surface area (Å²) in [5.41, 5.74) is 8.52. The van der Waals surface area contributed by atoms with Crippen molar-refractivity contribution in [1.29, 1.82) is 0 Å². The maximum absolute atomic E-state index is 5.17. The maximum Gasteiger partial charge on any atom is 0.160 e. The third-order valence-corrected chi connectivity index (χ3v) is 11.3. The van der Waals surface area contributed by atoms with E-state index in [-0.39, 0.29) is 0 Å². The first-order valence-corrected chi connectivity index (χ1v) is 17.7. The molecule has 0 bridgehead atoms. The zero-order valence-corrected chi connectivity index (χ0v) is 27.7. The Hall–Kier alpha value is -6.36. The summed E-state index contributed by atoms with van der Waals surface area (Å²) in [5.74, 6) is 0.719. The molecule has 0 saturated carbocycles. The molecule has 0 radical (unpaired) electrons. The number of thiophene rings is 1. The van der Waals surface area contributed by atoms with Crippen molar-refractivity contribution in [3.8, 4) is 33.9 Å². The molecule has 0 unspecified atom stereocenters. The van der Waals surface area contributed by atoms with Gasteiger partial charge in [-0.05, 0) is 47.2 Å². The van der Waals surface area contributed by atoms with Crippen molar-refractivity contribution in [2.45, 2.75) is 0 Å². The van der Waals surface area contributed by atoms with Crippen LogP contribution in [0.15, 0.2) is 164 Å². The summed E-state index contributed by atoms with van der Waals surface area (Å²) in [4.78, 5) is 10.2. The summed E-state index contributed by atoms with van der Waals surface area (Å²) in [6, 6.07) is 58.9. The van der Waals surface area contributed by atoms with Crippen molar-refractivity contribution in [1.82, 2.24) is 14.4 Å². The minimum atomic E-state index is 0.719. The van der Waals surface area contributed by atoms with Crippen molar-refractivity contribution < 1.29 is 0 Å². The van der Waals surface area contributed by atoms with Crippen LogP contribution in [0, 0.1) is 0 Å². The Morgan fingerprint density at radius 2 is 0.920 bits per heavy atom. The molecule has 11 aromatic rings. The van der Waals surface area contributed by atoms with Gasteiger partial charge >= 0.3 is 0 Å². The van der Waals surface area contributed by atoms with E-state index in [1.165, 1.54) is 69.0 Å². The third-order valence-electron chi connectivity index (χ3n) is 10.2. The number of fused-ring (bicyclic) bond motifs is 7. The van der Waals surface area contributed by atoms with Gasteiger partial charge in [-0.25, -0.2) is 9.97 Å². The lowest BCUT2D eigenvalue weighted by molar-refractivity contribution is 1.18. The zero-order valence-electron chi connectivity index (χ0n) is 26.8. The van der Waals surface area contributed by atoms with Crippen LogP contribution in [-0.2, 0) is 0 Å². The molecule has 50 heavy (non-hydrogen) atoms. The summed E-state index contributed by atoms with van der Waals surface area (Å²) >= 11 is 1.89. The van der Waals surface area contributed by atoms with Crippen LogP contribution in [0.4, 0.5) is 0 Å². The Labute approximate surface area is 291 Å². The van der Waals surface area contributed by atoms with Gasteiger partial charge in [0, 0.05) is 58.4 Å². The normalized spacial score (nSPS) is 12.0. The highest BCUT2D eigenvalue weighted by atomic mass is 32.1. The molecule has 232 valence electrons. The molecule has 4 heteroatoms. The van der Waals surface area contributed by atoms with E-state index >= 15 is 0 Å². The fourth-order valence-corrected chi connectivity index (χ4v) is 9.13. The molecule has 0 aliphatic heterocycles. The average molecular weight is 654 g/mol. The summed E-state index contributed by atoms with van der Waals surface area (Å²) in [5, 5.41) is 10.2. The Kier molecular flexibility index (Phi) is 5.83. The van der Waals surface area contributed by atoms with Gasteiger partial charge in [-0.3, -0.25) is 0 Å². The van der Waals surface area contributed by atoms with Crippen LogP contribution in [-0.4, -0.2) is 14.4 Å². The number of nitrogens with zero attached hydrogens (tertiary/aromatic N) is 3. The molecule has 7 aromatic carbocycles. The largest absolute Gasteiger partial charge is 0.308 e. The topological polar surface area (TPSA) is 30.2 Å². The minimum absolute atomic E-state index is 0.719. The van der Waals surface area contributed by atoms with Crippen LogP contribution in [0.5, 0.6) is 0 Å². The van der Waals surface area contributed by atoms with Crippen molar-refractivity contribution in [3.63, 3.8) is 0 Å². The first-order chi connectivity index (χ1) is 24.8. The fraction of sp³-hybridized carbons (Fsp3) is 0. The van der Waals surface area contributed by atoms with E-state index < -0.39 is 0 Å². The van der Waals surface area contributed by atoms with Gasteiger partial charge in [-0.1, -0.05) is 127 Å². The lowest BCUT2D eigenvalue weighted by Gasteiger charge is -2.10. The van der Waals surface area contributed by atoms with Crippen molar-refractivity contribution in [2.24, 2.45) is 0 Å². The summed E-state index contributed by atoms with van der Waals surface area (Å²) < 4.78 is 5.14. The molecule has 11 rings (SSSR count). The summed E-state index contributed by atoms with van der Waals surface area (Å²) in [6.45, 7) is 0. The van der Waals surface area contributed by atoms with Gasteiger partial charge in [0.15, 0.2) is 5.82 Å². The lowest BCUT2D eigenvalue weighted by atomic mass is 10.0. The highest BCUT2D eigenvalue weighted by Crippen LogP contribution is 2.45. The van der Waals surface area contributed by atoms with Gasteiger partial charge in [-0.2, -0.15) is 0 Å². The van der Waals surface area contributed by atoms with E-state index in [4.69, 9.17) is 9.97 Å². The number of aromatic nitrogens is 3. The Morgan fingerprint density at radius 3 is 1.66 bits per heavy atom. The maximum atomic E-state index is 5.17. The molecular formula is C46H27N3S. The number of rotatable bonds is 3. The SMILES string of the molecule is c1ccc(-c2cc(-c3ccc4c(c3)c3cccc5c6cccc7sc8cccc(c9ccccc9n4c53)c8c76)nc(-c3ccccc3)n2)cc1. The van der Waals surface area contributed by atoms with E-state index in [0.717, 1.165) is 33.9 Å². The summed E-state index contributed by atoms with van der Waals surface area (Å²) in [7, 11) is 0. The van der Waals surface area contributed by atoms with Crippen LogP contribution in [0.2, 0.25) is 0 Å². The highest BCUT2D eigenvalue weighted by molar-refractivity contribution is 7.26.